The number of ketones is 1. The lowest BCUT2D eigenvalue weighted by Crippen LogP contribution is -2.42. The number of carbonyl (C=O) groups excluding carboxylic acids is 1. The normalized spacial score (nSPS) is 40.7. The average molecular weight is 313 g/mol. The van der Waals surface area contributed by atoms with Crippen molar-refractivity contribution in [1.82, 2.24) is 5.32 Å². The monoisotopic (exact) mass is 313 g/mol. The molecule has 120 valence electrons. The minimum Gasteiger partial charge on any atom is -0.304 e. The van der Waals surface area contributed by atoms with Gasteiger partial charge in [0.05, 0.1) is 11.3 Å². The van der Waals surface area contributed by atoms with Crippen molar-refractivity contribution in [2.75, 3.05) is 6.26 Å². The minimum absolute atomic E-state index is 0.0126. The number of hydrogen-bond acceptors (Lipinski definition) is 4. The average Bonchev–Trinajstić information content (AvgIpc) is 2.89. The molecule has 0 aromatic heterocycles. The maximum atomic E-state index is 12.8. The van der Waals surface area contributed by atoms with Crippen LogP contribution in [-0.4, -0.2) is 37.8 Å². The van der Waals surface area contributed by atoms with E-state index < -0.39 is 9.84 Å². The molecule has 1 heterocycles. The molecule has 1 aliphatic heterocycles. The molecule has 1 N–H and O–H groups in total. The lowest BCUT2D eigenvalue weighted by Gasteiger charge is -2.29. The number of sulfone groups is 1. The molecule has 0 amide bonds. The molecule has 2 aliphatic carbocycles. The highest BCUT2D eigenvalue weighted by Gasteiger charge is 2.41. The van der Waals surface area contributed by atoms with Gasteiger partial charge in [-0.3, -0.25) is 4.79 Å². The smallest absolute Gasteiger partial charge is 0.152 e. The summed E-state index contributed by atoms with van der Waals surface area (Å²) in [5.74, 6) is 0.913. The van der Waals surface area contributed by atoms with Gasteiger partial charge >= 0.3 is 0 Å². The molecule has 0 aromatic rings. The SMILES string of the molecule is CS(=O)(=O)C1CCCC(C(=O)C2CC3CCCCC3N2)C1. The van der Waals surface area contributed by atoms with Gasteiger partial charge in [-0.25, -0.2) is 8.42 Å². The van der Waals surface area contributed by atoms with Crippen molar-refractivity contribution in [3.63, 3.8) is 0 Å². The Balaban J connectivity index is 1.63. The molecule has 2 saturated carbocycles. The summed E-state index contributed by atoms with van der Waals surface area (Å²) in [7, 11) is -3.01. The van der Waals surface area contributed by atoms with Crippen LogP contribution >= 0.6 is 0 Å². The van der Waals surface area contributed by atoms with Gasteiger partial charge in [-0.05, 0) is 44.4 Å². The summed E-state index contributed by atoms with van der Waals surface area (Å²) in [5.41, 5.74) is 0. The van der Waals surface area contributed by atoms with E-state index in [1.807, 2.05) is 0 Å². The number of fused-ring (bicyclic) bond motifs is 1. The third-order valence-electron chi connectivity index (χ3n) is 5.84. The standard InChI is InChI=1S/C16H27NO3S/c1-21(19,20)13-7-4-6-12(9-13)16(18)15-10-11-5-2-3-8-14(11)17-15/h11-15,17H,2-10H2,1H3. The third-order valence-corrected chi connectivity index (χ3v) is 7.48. The quantitative estimate of drug-likeness (QED) is 0.866. The Hall–Kier alpha value is -0.420. The Morgan fingerprint density at radius 1 is 1.00 bits per heavy atom. The van der Waals surface area contributed by atoms with E-state index in [0.29, 0.717) is 18.4 Å². The number of carbonyl (C=O) groups is 1. The van der Waals surface area contributed by atoms with Gasteiger partial charge in [-0.2, -0.15) is 0 Å². The fourth-order valence-corrected chi connectivity index (χ4v) is 5.79. The Morgan fingerprint density at radius 2 is 1.76 bits per heavy atom. The van der Waals surface area contributed by atoms with Crippen molar-refractivity contribution < 1.29 is 13.2 Å². The van der Waals surface area contributed by atoms with Crippen LogP contribution in [0.4, 0.5) is 0 Å². The summed E-state index contributed by atoms with van der Waals surface area (Å²) in [4.78, 5) is 12.8. The van der Waals surface area contributed by atoms with Gasteiger partial charge in [-0.15, -0.1) is 0 Å². The molecule has 3 aliphatic rings. The largest absolute Gasteiger partial charge is 0.304 e. The molecular formula is C16H27NO3S. The highest BCUT2D eigenvalue weighted by Crippen LogP contribution is 2.36. The lowest BCUT2D eigenvalue weighted by atomic mass is 9.81. The van der Waals surface area contributed by atoms with Gasteiger partial charge in [0.2, 0.25) is 0 Å². The van der Waals surface area contributed by atoms with Crippen molar-refractivity contribution in [3.8, 4) is 0 Å². The first-order chi connectivity index (χ1) is 9.95. The highest BCUT2D eigenvalue weighted by atomic mass is 32.2. The molecule has 0 bridgehead atoms. The predicted octanol–water partition coefficient (Wildman–Crippen LogP) is 2.08. The van der Waals surface area contributed by atoms with Crippen molar-refractivity contribution in [3.05, 3.63) is 0 Å². The highest BCUT2D eigenvalue weighted by molar-refractivity contribution is 7.91. The summed E-state index contributed by atoms with van der Waals surface area (Å²) < 4.78 is 23.5. The Morgan fingerprint density at radius 3 is 2.48 bits per heavy atom. The van der Waals surface area contributed by atoms with Crippen LogP contribution in [-0.2, 0) is 14.6 Å². The van der Waals surface area contributed by atoms with Crippen LogP contribution in [0.5, 0.6) is 0 Å². The van der Waals surface area contributed by atoms with Crippen LogP contribution in [0.15, 0.2) is 0 Å². The molecule has 0 spiro atoms. The second kappa shape index (κ2) is 5.99. The molecule has 0 aromatic carbocycles. The van der Waals surface area contributed by atoms with E-state index in [2.05, 4.69) is 5.32 Å². The Labute approximate surface area is 128 Å². The van der Waals surface area contributed by atoms with E-state index in [1.165, 1.54) is 31.9 Å². The zero-order chi connectivity index (χ0) is 15.0. The molecule has 1 saturated heterocycles. The summed E-state index contributed by atoms with van der Waals surface area (Å²) in [5, 5.41) is 3.24. The first-order valence-corrected chi connectivity index (χ1v) is 10.4. The van der Waals surface area contributed by atoms with Gasteiger partial charge in [0.15, 0.2) is 5.78 Å². The van der Waals surface area contributed by atoms with Gasteiger partial charge in [-0.1, -0.05) is 19.3 Å². The predicted molar refractivity (Wildman–Crippen MR) is 82.9 cm³/mol. The summed E-state index contributed by atoms with van der Waals surface area (Å²) in [6.45, 7) is 0. The van der Waals surface area contributed by atoms with Crippen LogP contribution in [0.25, 0.3) is 0 Å². The van der Waals surface area contributed by atoms with Gasteiger partial charge in [0.1, 0.15) is 9.84 Å². The molecular weight excluding hydrogens is 286 g/mol. The van der Waals surface area contributed by atoms with E-state index in [-0.39, 0.29) is 23.0 Å². The number of Topliss-reactive ketones (excluding diaryl/α,β-unsaturated/α-hetero) is 1. The second-order valence-corrected chi connectivity index (χ2v) is 9.65. The van der Waals surface area contributed by atoms with E-state index in [9.17, 15) is 13.2 Å². The zero-order valence-electron chi connectivity index (χ0n) is 12.9. The fourth-order valence-electron chi connectivity index (χ4n) is 4.61. The molecule has 3 fully saturated rings. The first kappa shape index (κ1) is 15.5. The van der Waals surface area contributed by atoms with Gasteiger partial charge < -0.3 is 5.32 Å². The fraction of sp³-hybridized carbons (Fsp3) is 0.938. The molecule has 3 rings (SSSR count). The van der Waals surface area contributed by atoms with E-state index >= 15 is 0 Å². The Bertz CT molecular complexity index is 488. The third kappa shape index (κ3) is 3.34. The molecule has 5 unspecified atom stereocenters. The van der Waals surface area contributed by atoms with Gasteiger partial charge in [0, 0.05) is 18.2 Å². The van der Waals surface area contributed by atoms with E-state index in [1.54, 1.807) is 0 Å². The number of hydrogen-bond donors (Lipinski definition) is 1. The van der Waals surface area contributed by atoms with Crippen LogP contribution in [0, 0.1) is 11.8 Å². The molecule has 0 radical (unpaired) electrons. The van der Waals surface area contributed by atoms with Crippen molar-refractivity contribution in [2.45, 2.75) is 75.1 Å². The molecule has 21 heavy (non-hydrogen) atoms. The van der Waals surface area contributed by atoms with Crippen molar-refractivity contribution >= 4 is 15.6 Å². The van der Waals surface area contributed by atoms with Crippen LogP contribution in [0.2, 0.25) is 0 Å². The second-order valence-electron chi connectivity index (χ2n) is 7.32. The van der Waals surface area contributed by atoms with Crippen molar-refractivity contribution in [2.24, 2.45) is 11.8 Å². The summed E-state index contributed by atoms with van der Waals surface area (Å²) in [6, 6.07) is 0.517. The van der Waals surface area contributed by atoms with Crippen LogP contribution in [0.3, 0.4) is 0 Å². The zero-order valence-corrected chi connectivity index (χ0v) is 13.7. The molecule has 5 heteroatoms. The van der Waals surface area contributed by atoms with Crippen LogP contribution < -0.4 is 5.32 Å². The van der Waals surface area contributed by atoms with E-state index in [4.69, 9.17) is 0 Å². The minimum atomic E-state index is -3.01. The van der Waals surface area contributed by atoms with E-state index in [0.717, 1.165) is 25.7 Å². The van der Waals surface area contributed by atoms with Crippen LogP contribution in [0.1, 0.15) is 57.8 Å². The number of nitrogens with one attached hydrogen (secondary N) is 1. The molecule has 4 nitrogen and oxygen atoms in total. The summed E-state index contributed by atoms with van der Waals surface area (Å²) >= 11 is 0. The maximum absolute atomic E-state index is 12.8. The summed E-state index contributed by atoms with van der Waals surface area (Å²) in [6.07, 6.45) is 10.3. The topological polar surface area (TPSA) is 63.2 Å². The lowest BCUT2D eigenvalue weighted by molar-refractivity contribution is -0.125. The first-order valence-electron chi connectivity index (χ1n) is 8.44. The van der Waals surface area contributed by atoms with Crippen molar-refractivity contribution in [1.29, 1.82) is 0 Å². The maximum Gasteiger partial charge on any atom is 0.152 e. The number of rotatable bonds is 3. The molecule has 5 atom stereocenters. The van der Waals surface area contributed by atoms with Gasteiger partial charge in [0.25, 0.3) is 0 Å². The Kier molecular flexibility index (Phi) is 4.42.